The number of carbonyl (C=O) groups excluding carboxylic acids is 1. The number of piperidine rings is 1. The first-order valence-electron chi connectivity index (χ1n) is 9.79. The molecule has 29 heavy (non-hydrogen) atoms. The van der Waals surface area contributed by atoms with Gasteiger partial charge in [0.25, 0.3) is 10.0 Å². The lowest BCUT2D eigenvalue weighted by molar-refractivity contribution is 0.225. The SMILES string of the molecule is CC1=C(c2ccc(Cl)cc2)S(=O)(=O)N=C1N1CCC(NC(=O)NCC(C)C)CC1. The number of sulfonamides is 1. The largest absolute Gasteiger partial charge is 0.356 e. The number of carbonyl (C=O) groups is 1. The Balaban J connectivity index is 1.66. The van der Waals surface area contributed by atoms with Crippen LogP contribution in [0.4, 0.5) is 4.79 Å². The van der Waals surface area contributed by atoms with Crippen molar-refractivity contribution in [2.75, 3.05) is 19.6 Å². The molecular formula is C20H27ClN4O3S. The highest BCUT2D eigenvalue weighted by atomic mass is 35.5. The van der Waals surface area contributed by atoms with Crippen LogP contribution in [0.15, 0.2) is 34.2 Å². The molecule has 2 amide bonds. The highest BCUT2D eigenvalue weighted by Crippen LogP contribution is 2.34. The third kappa shape index (κ3) is 5.11. The highest BCUT2D eigenvalue weighted by molar-refractivity contribution is 8.00. The monoisotopic (exact) mass is 438 g/mol. The molecule has 0 bridgehead atoms. The van der Waals surface area contributed by atoms with E-state index in [4.69, 9.17) is 11.6 Å². The smallest absolute Gasteiger partial charge is 0.315 e. The molecule has 1 saturated heterocycles. The molecule has 158 valence electrons. The van der Waals surface area contributed by atoms with Crippen LogP contribution in [0.2, 0.25) is 5.02 Å². The van der Waals surface area contributed by atoms with Gasteiger partial charge in [-0.3, -0.25) is 0 Å². The zero-order valence-electron chi connectivity index (χ0n) is 16.9. The van der Waals surface area contributed by atoms with Crippen LogP contribution in [-0.4, -0.2) is 50.9 Å². The van der Waals surface area contributed by atoms with Crippen molar-refractivity contribution in [2.24, 2.45) is 10.3 Å². The predicted octanol–water partition coefficient (Wildman–Crippen LogP) is 3.23. The first-order chi connectivity index (χ1) is 13.7. The standard InChI is InChI=1S/C20H27ClN4O3S/c1-13(2)12-22-20(26)23-17-8-10-25(11-9-17)19-14(3)18(29(27,28)24-19)15-4-6-16(21)7-5-15/h4-7,13,17H,8-12H2,1-3H3,(H2,22,23,26). The van der Waals surface area contributed by atoms with Crippen LogP contribution in [-0.2, 0) is 10.0 Å². The molecule has 0 saturated carbocycles. The maximum atomic E-state index is 12.7. The third-order valence-electron chi connectivity index (χ3n) is 5.05. The fraction of sp³-hybridized carbons (Fsp3) is 0.500. The van der Waals surface area contributed by atoms with E-state index in [1.807, 2.05) is 18.7 Å². The van der Waals surface area contributed by atoms with Crippen molar-refractivity contribution < 1.29 is 13.2 Å². The number of amides is 2. The molecule has 7 nitrogen and oxygen atoms in total. The number of hydrogen-bond donors (Lipinski definition) is 2. The number of nitrogens with one attached hydrogen (secondary N) is 2. The molecular weight excluding hydrogens is 412 g/mol. The molecule has 1 fully saturated rings. The average Bonchev–Trinajstić information content (AvgIpc) is 2.91. The summed E-state index contributed by atoms with van der Waals surface area (Å²) in [5.74, 6) is 0.896. The first-order valence-corrected chi connectivity index (χ1v) is 11.6. The Morgan fingerprint density at radius 3 is 2.45 bits per heavy atom. The Bertz CT molecular complexity index is 931. The second-order valence-corrected chi connectivity index (χ2v) is 9.84. The van der Waals surface area contributed by atoms with Crippen LogP contribution in [0, 0.1) is 5.92 Å². The Morgan fingerprint density at radius 1 is 1.24 bits per heavy atom. The van der Waals surface area contributed by atoms with Gasteiger partial charge < -0.3 is 15.5 Å². The Kier molecular flexibility index (Phi) is 6.53. The lowest BCUT2D eigenvalue weighted by Gasteiger charge is -2.33. The molecule has 0 radical (unpaired) electrons. The van der Waals surface area contributed by atoms with E-state index < -0.39 is 10.0 Å². The molecule has 3 rings (SSSR count). The number of benzene rings is 1. The molecule has 1 aromatic rings. The molecule has 0 aliphatic carbocycles. The van der Waals surface area contributed by atoms with Crippen LogP contribution in [0.1, 0.15) is 39.2 Å². The number of halogens is 1. The summed E-state index contributed by atoms with van der Waals surface area (Å²) in [7, 11) is -3.75. The zero-order valence-corrected chi connectivity index (χ0v) is 18.5. The van der Waals surface area contributed by atoms with Crippen LogP contribution in [0.25, 0.3) is 4.91 Å². The number of nitrogens with zero attached hydrogens (tertiary/aromatic N) is 2. The summed E-state index contributed by atoms with van der Waals surface area (Å²) in [6, 6.07) is 6.65. The Labute approximate surface area is 177 Å². The molecule has 9 heteroatoms. The van der Waals surface area contributed by atoms with E-state index >= 15 is 0 Å². The van der Waals surface area contributed by atoms with Gasteiger partial charge in [0.1, 0.15) is 10.7 Å². The molecule has 2 aliphatic heterocycles. The molecule has 0 atom stereocenters. The van der Waals surface area contributed by atoms with E-state index in [1.165, 1.54) is 0 Å². The summed E-state index contributed by atoms with van der Waals surface area (Å²) in [6.07, 6.45) is 1.47. The average molecular weight is 439 g/mol. The molecule has 2 N–H and O–H groups in total. The molecule has 0 unspecified atom stereocenters. The van der Waals surface area contributed by atoms with Gasteiger partial charge in [-0.25, -0.2) is 4.79 Å². The number of rotatable bonds is 4. The zero-order chi connectivity index (χ0) is 21.2. The minimum absolute atomic E-state index is 0.0667. The molecule has 0 spiro atoms. The predicted molar refractivity (Wildman–Crippen MR) is 116 cm³/mol. The van der Waals surface area contributed by atoms with Crippen LogP contribution < -0.4 is 10.6 Å². The van der Waals surface area contributed by atoms with Crippen LogP contribution in [0.3, 0.4) is 0 Å². The van der Waals surface area contributed by atoms with Gasteiger partial charge in [0, 0.05) is 36.3 Å². The van der Waals surface area contributed by atoms with Crippen molar-refractivity contribution in [2.45, 2.75) is 39.7 Å². The van der Waals surface area contributed by atoms with Crippen molar-refractivity contribution in [1.29, 1.82) is 0 Å². The fourth-order valence-electron chi connectivity index (χ4n) is 3.55. The maximum Gasteiger partial charge on any atom is 0.315 e. The van der Waals surface area contributed by atoms with Crippen LogP contribution >= 0.6 is 11.6 Å². The van der Waals surface area contributed by atoms with Crippen LogP contribution in [0.5, 0.6) is 0 Å². The third-order valence-corrected chi connectivity index (χ3v) is 6.77. The normalized spacial score (nSPS) is 19.5. The van der Waals surface area contributed by atoms with Gasteiger partial charge in [0.2, 0.25) is 0 Å². The molecule has 2 heterocycles. The van der Waals surface area contributed by atoms with E-state index in [0.717, 1.165) is 12.8 Å². The van der Waals surface area contributed by atoms with Crippen molar-refractivity contribution in [3.8, 4) is 0 Å². The minimum Gasteiger partial charge on any atom is -0.356 e. The van der Waals surface area contributed by atoms with Crippen molar-refractivity contribution >= 4 is 38.4 Å². The quantitative estimate of drug-likeness (QED) is 0.754. The Hall–Kier alpha value is -2.06. The van der Waals surface area contributed by atoms with E-state index in [0.29, 0.717) is 47.5 Å². The topological polar surface area (TPSA) is 90.9 Å². The summed E-state index contributed by atoms with van der Waals surface area (Å²) in [5, 5.41) is 6.40. The van der Waals surface area contributed by atoms with E-state index in [-0.39, 0.29) is 17.0 Å². The summed E-state index contributed by atoms with van der Waals surface area (Å²) in [4.78, 5) is 14.2. The van der Waals surface area contributed by atoms with Gasteiger partial charge in [0.15, 0.2) is 0 Å². The molecule has 0 aromatic heterocycles. The number of hydrogen-bond acceptors (Lipinski definition) is 4. The molecule has 2 aliphatic rings. The molecule has 1 aromatic carbocycles. The highest BCUT2D eigenvalue weighted by Gasteiger charge is 2.35. The van der Waals surface area contributed by atoms with Gasteiger partial charge in [0.05, 0.1) is 0 Å². The fourth-order valence-corrected chi connectivity index (χ4v) is 5.16. The van der Waals surface area contributed by atoms with Gasteiger partial charge in [-0.2, -0.15) is 8.42 Å². The summed E-state index contributed by atoms with van der Waals surface area (Å²) >= 11 is 5.92. The maximum absolute atomic E-state index is 12.7. The summed E-state index contributed by atoms with van der Waals surface area (Å²) in [5.41, 5.74) is 1.23. The lowest BCUT2D eigenvalue weighted by Crippen LogP contribution is -2.49. The van der Waals surface area contributed by atoms with E-state index in [2.05, 4.69) is 15.0 Å². The lowest BCUT2D eigenvalue weighted by atomic mass is 10.0. The minimum atomic E-state index is -3.75. The van der Waals surface area contributed by atoms with Crippen molar-refractivity contribution in [1.82, 2.24) is 15.5 Å². The van der Waals surface area contributed by atoms with Gasteiger partial charge in [-0.1, -0.05) is 37.6 Å². The Morgan fingerprint density at radius 2 is 1.86 bits per heavy atom. The van der Waals surface area contributed by atoms with Gasteiger partial charge in [-0.15, -0.1) is 4.40 Å². The van der Waals surface area contributed by atoms with E-state index in [9.17, 15) is 13.2 Å². The summed E-state index contributed by atoms with van der Waals surface area (Å²) < 4.78 is 29.4. The second-order valence-electron chi connectivity index (χ2n) is 7.86. The number of likely N-dealkylation sites (tertiary alicyclic amines) is 1. The van der Waals surface area contributed by atoms with Crippen molar-refractivity contribution in [3.05, 3.63) is 40.4 Å². The van der Waals surface area contributed by atoms with Crippen molar-refractivity contribution in [3.63, 3.8) is 0 Å². The van der Waals surface area contributed by atoms with E-state index in [1.54, 1.807) is 31.2 Å². The first kappa shape index (κ1) is 21.6. The van der Waals surface area contributed by atoms with Gasteiger partial charge in [-0.05, 0) is 43.4 Å². The summed E-state index contributed by atoms with van der Waals surface area (Å²) in [6.45, 7) is 7.78. The van der Waals surface area contributed by atoms with Gasteiger partial charge >= 0.3 is 6.03 Å². The number of amidine groups is 1. The number of urea groups is 1. The second kappa shape index (κ2) is 8.75.